The average molecular weight is 192 g/mol. The molecule has 0 saturated heterocycles. The monoisotopic (exact) mass is 192 g/mol. The van der Waals surface area contributed by atoms with Gasteiger partial charge in [0, 0.05) is 18.4 Å². The van der Waals surface area contributed by atoms with Crippen LogP contribution in [0.25, 0.3) is 0 Å². The van der Waals surface area contributed by atoms with Crippen LogP contribution in [0.3, 0.4) is 0 Å². The summed E-state index contributed by atoms with van der Waals surface area (Å²) in [6.07, 6.45) is 2.97. The Bertz CT molecular complexity index is 302. The average Bonchev–Trinajstić information content (AvgIpc) is 2.18. The molecular weight excluding hydrogens is 176 g/mol. The lowest BCUT2D eigenvalue weighted by Crippen LogP contribution is -2.24. The second-order valence-electron chi connectivity index (χ2n) is 3.13. The molecule has 4 nitrogen and oxygen atoms in total. The molecule has 1 unspecified atom stereocenters. The minimum Gasteiger partial charge on any atom is -0.403 e. The van der Waals surface area contributed by atoms with Crippen LogP contribution in [-0.2, 0) is 0 Å². The van der Waals surface area contributed by atoms with Crippen molar-refractivity contribution in [2.24, 2.45) is 17.3 Å². The third-order valence-electron chi connectivity index (χ3n) is 1.96. The summed E-state index contributed by atoms with van der Waals surface area (Å²) >= 11 is 0. The highest BCUT2D eigenvalue weighted by Gasteiger charge is 2.00. The number of anilines is 1. The van der Waals surface area contributed by atoms with Gasteiger partial charge in [-0.1, -0.05) is 12.1 Å². The van der Waals surface area contributed by atoms with E-state index in [1.54, 1.807) is 6.20 Å². The van der Waals surface area contributed by atoms with Crippen LogP contribution in [0.5, 0.6) is 0 Å². The molecule has 1 aromatic carbocycles. The van der Waals surface area contributed by atoms with E-state index in [0.717, 1.165) is 11.3 Å². The van der Waals surface area contributed by atoms with Crippen LogP contribution in [0.15, 0.2) is 36.7 Å². The zero-order valence-corrected chi connectivity index (χ0v) is 8.22. The van der Waals surface area contributed by atoms with Gasteiger partial charge in [0.15, 0.2) is 0 Å². The van der Waals surface area contributed by atoms with E-state index in [9.17, 15) is 0 Å². The number of hydrazine groups is 1. The molecule has 0 radical (unpaired) electrons. The Kier molecular flexibility index (Phi) is 3.50. The third-order valence-corrected chi connectivity index (χ3v) is 1.96. The molecule has 0 amide bonds. The number of rotatable bonds is 3. The van der Waals surface area contributed by atoms with Gasteiger partial charge in [0.1, 0.15) is 0 Å². The molecule has 14 heavy (non-hydrogen) atoms. The Labute approximate surface area is 84.0 Å². The van der Waals surface area contributed by atoms with Crippen LogP contribution in [0, 0.1) is 0 Å². The molecule has 0 saturated carbocycles. The molecule has 6 N–H and O–H groups in total. The number of hydrogen-bond donors (Lipinski definition) is 3. The molecule has 0 fully saturated rings. The summed E-state index contributed by atoms with van der Waals surface area (Å²) in [5, 5.41) is 1.45. The Morgan fingerprint density at radius 1 is 1.29 bits per heavy atom. The van der Waals surface area contributed by atoms with Crippen LogP contribution in [0.4, 0.5) is 5.69 Å². The highest BCUT2D eigenvalue weighted by molar-refractivity contribution is 5.48. The summed E-state index contributed by atoms with van der Waals surface area (Å²) in [5.74, 6) is 5.67. The van der Waals surface area contributed by atoms with Crippen LogP contribution in [0.1, 0.15) is 18.5 Å². The van der Waals surface area contributed by atoms with Gasteiger partial charge in [-0.15, -0.1) is 0 Å². The van der Waals surface area contributed by atoms with Gasteiger partial charge in [0.2, 0.25) is 0 Å². The SMILES string of the molecule is CC(N)c1ccc(N(N)/C=C\N)cc1. The second-order valence-corrected chi connectivity index (χ2v) is 3.13. The first-order valence-corrected chi connectivity index (χ1v) is 4.43. The van der Waals surface area contributed by atoms with Gasteiger partial charge < -0.3 is 11.5 Å². The Hall–Kier alpha value is -1.52. The van der Waals surface area contributed by atoms with E-state index < -0.39 is 0 Å². The van der Waals surface area contributed by atoms with E-state index in [1.807, 2.05) is 31.2 Å². The molecule has 0 spiro atoms. The molecule has 1 aromatic rings. The van der Waals surface area contributed by atoms with E-state index in [2.05, 4.69) is 0 Å². The molecule has 1 atom stereocenters. The molecule has 0 aliphatic carbocycles. The quantitative estimate of drug-likeness (QED) is 0.489. The smallest absolute Gasteiger partial charge is 0.0569 e. The largest absolute Gasteiger partial charge is 0.403 e. The predicted octanol–water partition coefficient (Wildman–Crippen LogP) is 0.816. The molecule has 76 valence electrons. The summed E-state index contributed by atoms with van der Waals surface area (Å²) in [5.41, 5.74) is 12.9. The van der Waals surface area contributed by atoms with Gasteiger partial charge in [-0.3, -0.25) is 5.01 Å². The molecule has 0 aliphatic heterocycles. The summed E-state index contributed by atoms with van der Waals surface area (Å²) < 4.78 is 0. The molecular formula is C10H16N4. The fourth-order valence-corrected chi connectivity index (χ4v) is 1.13. The lowest BCUT2D eigenvalue weighted by molar-refractivity contribution is 0.818. The first kappa shape index (κ1) is 10.6. The van der Waals surface area contributed by atoms with Gasteiger partial charge in [0.05, 0.1) is 5.69 Å². The van der Waals surface area contributed by atoms with Gasteiger partial charge in [-0.25, -0.2) is 5.84 Å². The number of hydrogen-bond acceptors (Lipinski definition) is 4. The van der Waals surface area contributed by atoms with Crippen LogP contribution in [-0.4, -0.2) is 0 Å². The zero-order chi connectivity index (χ0) is 10.6. The van der Waals surface area contributed by atoms with E-state index in [0.29, 0.717) is 0 Å². The van der Waals surface area contributed by atoms with E-state index in [1.165, 1.54) is 11.2 Å². The topological polar surface area (TPSA) is 81.3 Å². The summed E-state index contributed by atoms with van der Waals surface area (Å²) in [7, 11) is 0. The standard InChI is InChI=1S/C10H16N4/c1-8(12)9-2-4-10(5-3-9)14(13)7-6-11/h2-8H,11-13H2,1H3/b7-6-. The zero-order valence-electron chi connectivity index (χ0n) is 8.22. The first-order valence-electron chi connectivity index (χ1n) is 4.43. The molecule has 0 heterocycles. The first-order chi connectivity index (χ1) is 6.65. The van der Waals surface area contributed by atoms with E-state index >= 15 is 0 Å². The van der Waals surface area contributed by atoms with Crippen LogP contribution < -0.4 is 22.3 Å². The van der Waals surface area contributed by atoms with Crippen molar-refractivity contribution in [1.82, 2.24) is 0 Å². The highest BCUT2D eigenvalue weighted by atomic mass is 15.4. The fraction of sp³-hybridized carbons (Fsp3) is 0.200. The minimum atomic E-state index is 0.0420. The molecule has 1 rings (SSSR count). The lowest BCUT2D eigenvalue weighted by atomic mass is 10.1. The van der Waals surface area contributed by atoms with Crippen molar-refractivity contribution in [2.75, 3.05) is 5.01 Å². The highest BCUT2D eigenvalue weighted by Crippen LogP contribution is 2.16. The maximum absolute atomic E-state index is 5.72. The van der Waals surface area contributed by atoms with Crippen LogP contribution >= 0.6 is 0 Å². The van der Waals surface area contributed by atoms with Crippen LogP contribution in [0.2, 0.25) is 0 Å². The van der Waals surface area contributed by atoms with Crippen molar-refractivity contribution >= 4 is 5.69 Å². The third kappa shape index (κ3) is 2.48. The van der Waals surface area contributed by atoms with E-state index in [-0.39, 0.29) is 6.04 Å². The normalized spacial score (nSPS) is 13.1. The van der Waals surface area contributed by atoms with Crippen molar-refractivity contribution in [1.29, 1.82) is 0 Å². The Balaban J connectivity index is 2.82. The molecule has 4 heteroatoms. The summed E-state index contributed by atoms with van der Waals surface area (Å²) in [6.45, 7) is 1.94. The fourth-order valence-electron chi connectivity index (χ4n) is 1.13. The number of nitrogens with zero attached hydrogens (tertiary/aromatic N) is 1. The second kappa shape index (κ2) is 4.64. The lowest BCUT2D eigenvalue weighted by Gasteiger charge is -2.14. The van der Waals surface area contributed by atoms with Crippen molar-refractivity contribution in [3.63, 3.8) is 0 Å². The summed E-state index contributed by atoms with van der Waals surface area (Å²) in [6, 6.07) is 7.74. The van der Waals surface area contributed by atoms with Gasteiger partial charge in [-0.2, -0.15) is 0 Å². The maximum Gasteiger partial charge on any atom is 0.0569 e. The maximum atomic E-state index is 5.72. The molecule has 0 aliphatic rings. The van der Waals surface area contributed by atoms with Gasteiger partial charge in [0.25, 0.3) is 0 Å². The van der Waals surface area contributed by atoms with E-state index in [4.69, 9.17) is 17.3 Å². The molecule has 0 aromatic heterocycles. The van der Waals surface area contributed by atoms with Gasteiger partial charge >= 0.3 is 0 Å². The Morgan fingerprint density at radius 2 is 1.86 bits per heavy atom. The minimum absolute atomic E-state index is 0.0420. The Morgan fingerprint density at radius 3 is 2.29 bits per heavy atom. The molecule has 0 bridgehead atoms. The number of benzene rings is 1. The van der Waals surface area contributed by atoms with Crippen molar-refractivity contribution < 1.29 is 0 Å². The van der Waals surface area contributed by atoms with Crippen molar-refractivity contribution in [3.05, 3.63) is 42.2 Å². The van der Waals surface area contributed by atoms with Crippen molar-refractivity contribution in [2.45, 2.75) is 13.0 Å². The van der Waals surface area contributed by atoms with Gasteiger partial charge in [-0.05, 0) is 24.6 Å². The predicted molar refractivity (Wildman–Crippen MR) is 59.0 cm³/mol. The number of nitrogens with two attached hydrogens (primary N) is 3. The van der Waals surface area contributed by atoms with Crippen molar-refractivity contribution in [3.8, 4) is 0 Å². The summed E-state index contributed by atoms with van der Waals surface area (Å²) in [4.78, 5) is 0.